The Morgan fingerprint density at radius 3 is 2.54 bits per heavy atom. The molecule has 3 aromatic rings. The maximum absolute atomic E-state index is 12.7. The lowest BCUT2D eigenvalue weighted by atomic mass is 9.85. The summed E-state index contributed by atoms with van der Waals surface area (Å²) in [5, 5.41) is 41.9. The molecule has 0 spiro atoms. The predicted molar refractivity (Wildman–Crippen MR) is 156 cm³/mol. The molecule has 0 saturated carbocycles. The van der Waals surface area contributed by atoms with Crippen molar-refractivity contribution in [3.8, 4) is 5.75 Å². The number of benzene rings is 1. The van der Waals surface area contributed by atoms with Crippen molar-refractivity contribution in [3.63, 3.8) is 0 Å². The molecule has 1 aliphatic carbocycles. The van der Waals surface area contributed by atoms with Crippen molar-refractivity contribution in [1.82, 2.24) is 25.2 Å². The smallest absolute Gasteiger partial charge is 0.320 e. The summed E-state index contributed by atoms with van der Waals surface area (Å²) in [5.41, 5.74) is 2.20. The minimum absolute atomic E-state index is 0.0221. The number of aromatic nitrogens is 3. The van der Waals surface area contributed by atoms with Crippen LogP contribution in [0.1, 0.15) is 69.7 Å². The normalized spacial score (nSPS) is 20.0. The molecule has 2 aromatic heterocycles. The van der Waals surface area contributed by atoms with Crippen LogP contribution in [0.15, 0.2) is 54.4 Å². The van der Waals surface area contributed by atoms with E-state index in [1.165, 1.54) is 6.08 Å². The fourth-order valence-corrected chi connectivity index (χ4v) is 5.35. The Bertz CT molecular complexity index is 1440. The molecule has 1 fully saturated rings. The highest BCUT2D eigenvalue weighted by Crippen LogP contribution is 2.39. The van der Waals surface area contributed by atoms with Crippen LogP contribution in [0.2, 0.25) is 0 Å². The zero-order valence-electron chi connectivity index (χ0n) is 23.8. The molecule has 3 heterocycles. The molecule has 11 heteroatoms. The summed E-state index contributed by atoms with van der Waals surface area (Å²) in [6.07, 6.45) is 6.17. The number of piperidine rings is 1. The monoisotopic (exact) mass is 561 g/mol. The van der Waals surface area contributed by atoms with E-state index in [4.69, 9.17) is 10.1 Å². The average Bonchev–Trinajstić information content (AvgIpc) is 3.37. The van der Waals surface area contributed by atoms with E-state index in [0.29, 0.717) is 24.5 Å². The molecule has 2 amide bonds. The van der Waals surface area contributed by atoms with Crippen molar-refractivity contribution in [3.05, 3.63) is 65.6 Å². The van der Waals surface area contributed by atoms with Crippen molar-refractivity contribution in [2.75, 3.05) is 24.6 Å². The summed E-state index contributed by atoms with van der Waals surface area (Å²) in [7, 11) is 0. The number of carbonyl (C=O) groups is 1. The standard InChI is InChI=1S/C30H39N7O4/c1-30(2,3)25(39)16-26(31)33-28(40)32-23-9-10-24(22-7-5-4-6-21(22)23)41-20-8-11-27-34-35-29(37(27)17-20)36-14-12-19(18-38)13-15-36/h4-8,11,16-17,19,23-24,38-39H,9-10,12-15,18H2,1-3H3,(H3,31,32,33,40)/b25-16-/t23?,24-/m1/s1. The van der Waals surface area contributed by atoms with Gasteiger partial charge >= 0.3 is 6.03 Å². The van der Waals surface area contributed by atoms with Crippen LogP contribution in [-0.2, 0) is 0 Å². The lowest BCUT2D eigenvalue weighted by Crippen LogP contribution is -2.42. The van der Waals surface area contributed by atoms with Gasteiger partial charge in [-0.2, -0.15) is 0 Å². The second-order valence-electron chi connectivity index (χ2n) is 11.9. The van der Waals surface area contributed by atoms with Crippen LogP contribution in [0.3, 0.4) is 0 Å². The Balaban J connectivity index is 1.28. The molecule has 5 rings (SSSR count). The van der Waals surface area contributed by atoms with Crippen molar-refractivity contribution in [2.24, 2.45) is 11.3 Å². The van der Waals surface area contributed by atoms with E-state index in [0.717, 1.165) is 48.7 Å². The maximum Gasteiger partial charge on any atom is 0.320 e. The van der Waals surface area contributed by atoms with Gasteiger partial charge in [-0.1, -0.05) is 45.0 Å². The van der Waals surface area contributed by atoms with E-state index >= 15 is 0 Å². The Morgan fingerprint density at radius 1 is 1.10 bits per heavy atom. The number of allylic oxidation sites excluding steroid dienone is 1. The van der Waals surface area contributed by atoms with Gasteiger partial charge in [0.05, 0.1) is 12.2 Å². The van der Waals surface area contributed by atoms with Gasteiger partial charge in [-0.15, -0.1) is 10.2 Å². The van der Waals surface area contributed by atoms with Gasteiger partial charge in [-0.05, 0) is 54.9 Å². The predicted octanol–water partition coefficient (Wildman–Crippen LogP) is 4.66. The molecule has 1 aliphatic heterocycles. The van der Waals surface area contributed by atoms with Crippen LogP contribution in [0, 0.1) is 16.7 Å². The summed E-state index contributed by atoms with van der Waals surface area (Å²) < 4.78 is 8.46. The van der Waals surface area contributed by atoms with Crippen molar-refractivity contribution in [1.29, 1.82) is 5.41 Å². The number of fused-ring (bicyclic) bond motifs is 2. The van der Waals surface area contributed by atoms with Crippen molar-refractivity contribution >= 4 is 23.5 Å². The second-order valence-corrected chi connectivity index (χ2v) is 11.9. The summed E-state index contributed by atoms with van der Waals surface area (Å²) >= 11 is 0. The number of urea groups is 1. The molecule has 218 valence electrons. The SMILES string of the molecule is CC(C)(C)/C(O)=C/C(=N)NC(=O)NC1CC[C@@H](Oc2ccc3nnc(N4CCC(CO)CC4)n3c2)c2ccccc21. The lowest BCUT2D eigenvalue weighted by molar-refractivity contribution is 0.171. The number of amidine groups is 1. The number of amides is 2. The Hall–Kier alpha value is -4.12. The van der Waals surface area contributed by atoms with Gasteiger partial charge in [0.1, 0.15) is 23.4 Å². The number of pyridine rings is 1. The first-order chi connectivity index (χ1) is 19.6. The number of ether oxygens (including phenoxy) is 1. The number of aliphatic hydroxyl groups excluding tert-OH is 2. The zero-order valence-corrected chi connectivity index (χ0v) is 23.8. The van der Waals surface area contributed by atoms with Crippen molar-refractivity contribution < 1.29 is 19.7 Å². The molecule has 1 unspecified atom stereocenters. The van der Waals surface area contributed by atoms with E-state index in [1.54, 1.807) is 0 Å². The third-order valence-corrected chi connectivity index (χ3v) is 7.83. The number of hydrogen-bond acceptors (Lipinski definition) is 8. The van der Waals surface area contributed by atoms with Gasteiger partial charge < -0.3 is 25.2 Å². The summed E-state index contributed by atoms with van der Waals surface area (Å²) in [4.78, 5) is 14.9. The molecule has 11 nitrogen and oxygen atoms in total. The quantitative estimate of drug-likeness (QED) is 0.167. The number of hydrogen-bond donors (Lipinski definition) is 5. The number of anilines is 1. The molecule has 0 bridgehead atoms. The summed E-state index contributed by atoms with van der Waals surface area (Å²) in [5.74, 6) is 1.66. The minimum Gasteiger partial charge on any atom is -0.512 e. The number of nitrogens with zero attached hydrogens (tertiary/aromatic N) is 4. The van der Waals surface area contributed by atoms with Gasteiger partial charge in [-0.3, -0.25) is 15.1 Å². The maximum atomic E-state index is 12.7. The molecule has 0 radical (unpaired) electrons. The fourth-order valence-electron chi connectivity index (χ4n) is 5.35. The fraction of sp³-hybridized carbons (Fsp3) is 0.467. The Kier molecular flexibility index (Phi) is 8.16. The van der Waals surface area contributed by atoms with E-state index in [9.17, 15) is 15.0 Å². The minimum atomic E-state index is -0.514. The van der Waals surface area contributed by atoms with Crippen LogP contribution in [0.5, 0.6) is 5.75 Å². The molecule has 2 aliphatic rings. The summed E-state index contributed by atoms with van der Waals surface area (Å²) in [6, 6.07) is 11.0. The van der Waals surface area contributed by atoms with Crippen molar-refractivity contribution in [2.45, 2.75) is 58.6 Å². The largest absolute Gasteiger partial charge is 0.512 e. The number of rotatable bonds is 6. The molecule has 41 heavy (non-hydrogen) atoms. The van der Waals surface area contributed by atoms with E-state index < -0.39 is 11.4 Å². The Labute approximate surface area is 239 Å². The first-order valence-electron chi connectivity index (χ1n) is 14.2. The topological polar surface area (TPSA) is 148 Å². The average molecular weight is 562 g/mol. The van der Waals surface area contributed by atoms with Crippen LogP contribution >= 0.6 is 0 Å². The molecule has 1 saturated heterocycles. The third kappa shape index (κ3) is 6.45. The van der Waals surface area contributed by atoms with Crippen LogP contribution < -0.4 is 20.3 Å². The third-order valence-electron chi connectivity index (χ3n) is 7.83. The zero-order chi connectivity index (χ0) is 29.1. The first kappa shape index (κ1) is 28.4. The van der Waals surface area contributed by atoms with Gasteiger partial charge in [0.15, 0.2) is 5.65 Å². The highest BCUT2D eigenvalue weighted by molar-refractivity contribution is 6.02. The lowest BCUT2D eigenvalue weighted by Gasteiger charge is -2.32. The van der Waals surface area contributed by atoms with Crippen LogP contribution in [-0.4, -0.2) is 56.4 Å². The molecule has 5 N–H and O–H groups in total. The van der Waals surface area contributed by atoms with E-state index in [-0.39, 0.29) is 30.3 Å². The highest BCUT2D eigenvalue weighted by Gasteiger charge is 2.30. The summed E-state index contributed by atoms with van der Waals surface area (Å²) in [6.45, 7) is 7.35. The van der Waals surface area contributed by atoms with Gasteiger partial charge in [-0.25, -0.2) is 4.79 Å². The second kappa shape index (κ2) is 11.8. The molecule has 2 atom stereocenters. The molecular weight excluding hydrogens is 522 g/mol. The number of nitrogens with one attached hydrogen (secondary N) is 3. The first-order valence-corrected chi connectivity index (χ1v) is 14.2. The molecular formula is C30H39N7O4. The Morgan fingerprint density at radius 2 is 1.83 bits per heavy atom. The van der Waals surface area contributed by atoms with E-state index in [1.807, 2.05) is 67.8 Å². The molecule has 1 aromatic carbocycles. The number of carbonyl (C=O) groups excluding carboxylic acids is 1. The van der Waals surface area contributed by atoms with Crippen LogP contribution in [0.25, 0.3) is 5.65 Å². The van der Waals surface area contributed by atoms with Gasteiger partial charge in [0.25, 0.3) is 0 Å². The number of aliphatic hydroxyl groups is 2. The van der Waals surface area contributed by atoms with Gasteiger partial charge in [0, 0.05) is 31.2 Å². The van der Waals surface area contributed by atoms with Crippen LogP contribution in [0.4, 0.5) is 10.7 Å². The highest BCUT2D eigenvalue weighted by atomic mass is 16.5. The van der Waals surface area contributed by atoms with E-state index in [2.05, 4.69) is 25.7 Å². The van der Waals surface area contributed by atoms with Gasteiger partial charge in [0.2, 0.25) is 5.95 Å².